The SMILES string of the molecule is COc1ccccc1COc1cc(C)c2c(c1)O/C(=C\c1cccc(Cl)c1)C2=O. The highest BCUT2D eigenvalue weighted by Crippen LogP contribution is 2.38. The van der Waals surface area contributed by atoms with E-state index in [1.807, 2.05) is 49.4 Å². The minimum Gasteiger partial charge on any atom is -0.496 e. The average Bonchev–Trinajstić information content (AvgIpc) is 3.02. The zero-order valence-electron chi connectivity index (χ0n) is 16.1. The van der Waals surface area contributed by atoms with E-state index in [-0.39, 0.29) is 11.5 Å². The third-order valence-corrected chi connectivity index (χ3v) is 4.91. The highest BCUT2D eigenvalue weighted by Gasteiger charge is 2.30. The largest absolute Gasteiger partial charge is 0.496 e. The number of fused-ring (bicyclic) bond motifs is 1. The second-order valence-corrected chi connectivity index (χ2v) is 7.15. The number of aryl methyl sites for hydroxylation is 1. The molecule has 0 fully saturated rings. The highest BCUT2D eigenvalue weighted by molar-refractivity contribution is 6.30. The molecule has 0 radical (unpaired) electrons. The maximum absolute atomic E-state index is 12.8. The number of hydrogen-bond donors (Lipinski definition) is 0. The molecule has 0 aliphatic carbocycles. The van der Waals surface area contributed by atoms with E-state index < -0.39 is 0 Å². The second-order valence-electron chi connectivity index (χ2n) is 6.71. The number of hydrogen-bond acceptors (Lipinski definition) is 4. The van der Waals surface area contributed by atoms with Crippen LogP contribution in [0.4, 0.5) is 0 Å². The molecule has 3 aromatic carbocycles. The van der Waals surface area contributed by atoms with Crippen molar-refractivity contribution in [3.05, 3.63) is 93.7 Å². The fourth-order valence-electron chi connectivity index (χ4n) is 3.29. The molecular formula is C24H19ClO4. The molecule has 0 spiro atoms. The summed E-state index contributed by atoms with van der Waals surface area (Å²) in [6.07, 6.45) is 1.70. The number of carbonyl (C=O) groups is 1. The van der Waals surface area contributed by atoms with Gasteiger partial charge in [0, 0.05) is 16.7 Å². The van der Waals surface area contributed by atoms with E-state index in [1.165, 1.54) is 0 Å². The van der Waals surface area contributed by atoms with Gasteiger partial charge in [-0.1, -0.05) is 41.9 Å². The standard InChI is InChI=1S/C24H19ClO4/c1-15-10-19(28-14-17-7-3-4-9-20(17)27-2)13-21-23(15)24(26)22(29-21)12-16-6-5-8-18(25)11-16/h3-13H,14H2,1-2H3/b22-12-. The fourth-order valence-corrected chi connectivity index (χ4v) is 3.49. The van der Waals surface area contributed by atoms with Crippen molar-refractivity contribution >= 4 is 23.5 Å². The van der Waals surface area contributed by atoms with Crippen LogP contribution >= 0.6 is 11.6 Å². The molecule has 5 heteroatoms. The van der Waals surface area contributed by atoms with E-state index in [0.717, 1.165) is 22.4 Å². The number of halogens is 1. The lowest BCUT2D eigenvalue weighted by atomic mass is 10.0. The van der Waals surface area contributed by atoms with Crippen molar-refractivity contribution in [3.63, 3.8) is 0 Å². The summed E-state index contributed by atoms with van der Waals surface area (Å²) in [5.41, 5.74) is 3.10. The topological polar surface area (TPSA) is 44.8 Å². The predicted octanol–water partition coefficient (Wildman–Crippen LogP) is 5.85. The molecular weight excluding hydrogens is 388 g/mol. The molecule has 0 amide bonds. The Labute approximate surface area is 174 Å². The van der Waals surface area contributed by atoms with Crippen molar-refractivity contribution in [2.24, 2.45) is 0 Å². The summed E-state index contributed by atoms with van der Waals surface area (Å²) < 4.78 is 17.1. The molecule has 0 unspecified atom stereocenters. The molecule has 0 saturated carbocycles. The van der Waals surface area contributed by atoms with E-state index in [1.54, 1.807) is 31.4 Å². The number of rotatable bonds is 5. The number of Topliss-reactive ketones (excluding diaryl/α,β-unsaturated/α-hetero) is 1. The number of allylic oxidation sites excluding steroid dienone is 1. The molecule has 29 heavy (non-hydrogen) atoms. The van der Waals surface area contributed by atoms with Crippen LogP contribution in [0.15, 0.2) is 66.4 Å². The van der Waals surface area contributed by atoms with Gasteiger partial charge in [0.25, 0.3) is 0 Å². The van der Waals surface area contributed by atoms with Crippen LogP contribution in [0.25, 0.3) is 6.08 Å². The Hall–Kier alpha value is -3.24. The van der Waals surface area contributed by atoms with Crippen LogP contribution in [0.1, 0.15) is 27.0 Å². The lowest BCUT2D eigenvalue weighted by molar-refractivity contribution is 0.101. The van der Waals surface area contributed by atoms with Crippen molar-refractivity contribution < 1.29 is 19.0 Å². The third-order valence-electron chi connectivity index (χ3n) is 4.68. The Morgan fingerprint density at radius 1 is 1.07 bits per heavy atom. The predicted molar refractivity (Wildman–Crippen MR) is 113 cm³/mol. The Morgan fingerprint density at radius 3 is 2.69 bits per heavy atom. The van der Waals surface area contributed by atoms with Crippen LogP contribution in [-0.4, -0.2) is 12.9 Å². The minimum atomic E-state index is -0.145. The lowest BCUT2D eigenvalue weighted by Gasteiger charge is -2.11. The van der Waals surface area contributed by atoms with Crippen LogP contribution < -0.4 is 14.2 Å². The van der Waals surface area contributed by atoms with Gasteiger partial charge in [-0.15, -0.1) is 0 Å². The molecule has 0 atom stereocenters. The van der Waals surface area contributed by atoms with Gasteiger partial charge in [-0.05, 0) is 48.4 Å². The molecule has 1 aliphatic rings. The van der Waals surface area contributed by atoms with Crippen LogP contribution in [0, 0.1) is 6.92 Å². The van der Waals surface area contributed by atoms with Crippen molar-refractivity contribution in [1.29, 1.82) is 0 Å². The van der Waals surface area contributed by atoms with Crippen molar-refractivity contribution in [2.45, 2.75) is 13.5 Å². The molecule has 0 N–H and O–H groups in total. The average molecular weight is 407 g/mol. The Morgan fingerprint density at radius 2 is 1.90 bits per heavy atom. The summed E-state index contributed by atoms with van der Waals surface area (Å²) in [6.45, 7) is 2.22. The summed E-state index contributed by atoms with van der Waals surface area (Å²) in [5, 5.41) is 0.602. The molecule has 1 aliphatic heterocycles. The second kappa shape index (κ2) is 8.02. The first-order valence-electron chi connectivity index (χ1n) is 9.14. The van der Waals surface area contributed by atoms with Crippen LogP contribution in [0.2, 0.25) is 5.02 Å². The first-order valence-corrected chi connectivity index (χ1v) is 9.52. The van der Waals surface area contributed by atoms with Crippen LogP contribution in [0.5, 0.6) is 17.2 Å². The van der Waals surface area contributed by atoms with Gasteiger partial charge in [0.1, 0.15) is 23.9 Å². The fraction of sp³-hybridized carbons (Fsp3) is 0.125. The monoisotopic (exact) mass is 406 g/mol. The number of ether oxygens (including phenoxy) is 3. The Kier molecular flexibility index (Phi) is 5.28. The van der Waals surface area contributed by atoms with E-state index >= 15 is 0 Å². The summed E-state index contributed by atoms with van der Waals surface area (Å²) in [5.74, 6) is 2.02. The van der Waals surface area contributed by atoms with Crippen LogP contribution in [-0.2, 0) is 6.61 Å². The summed E-state index contributed by atoms with van der Waals surface area (Å²) in [7, 11) is 1.63. The summed E-state index contributed by atoms with van der Waals surface area (Å²) in [4.78, 5) is 12.8. The van der Waals surface area contributed by atoms with Crippen molar-refractivity contribution in [1.82, 2.24) is 0 Å². The first kappa shape index (κ1) is 19.1. The number of para-hydroxylation sites is 1. The van der Waals surface area contributed by atoms with E-state index in [9.17, 15) is 4.79 Å². The van der Waals surface area contributed by atoms with Gasteiger partial charge in [-0.25, -0.2) is 0 Å². The molecule has 4 rings (SSSR count). The lowest BCUT2D eigenvalue weighted by Crippen LogP contribution is -2.00. The quantitative estimate of drug-likeness (QED) is 0.498. The molecule has 0 aromatic heterocycles. The summed E-state index contributed by atoms with van der Waals surface area (Å²) >= 11 is 6.03. The molecule has 0 saturated heterocycles. The molecule has 3 aromatic rings. The van der Waals surface area contributed by atoms with Gasteiger partial charge < -0.3 is 14.2 Å². The highest BCUT2D eigenvalue weighted by atomic mass is 35.5. The van der Waals surface area contributed by atoms with E-state index in [4.69, 9.17) is 25.8 Å². The van der Waals surface area contributed by atoms with Crippen molar-refractivity contribution in [2.75, 3.05) is 7.11 Å². The van der Waals surface area contributed by atoms with Crippen molar-refractivity contribution in [3.8, 4) is 17.2 Å². The Balaban J connectivity index is 1.58. The number of benzene rings is 3. The zero-order chi connectivity index (χ0) is 20.4. The zero-order valence-corrected chi connectivity index (χ0v) is 16.8. The van der Waals surface area contributed by atoms with Gasteiger partial charge in [-0.3, -0.25) is 4.79 Å². The van der Waals surface area contributed by atoms with E-state index in [0.29, 0.717) is 28.7 Å². The van der Waals surface area contributed by atoms with E-state index in [2.05, 4.69) is 0 Å². The number of carbonyl (C=O) groups excluding carboxylic acids is 1. The van der Waals surface area contributed by atoms with Gasteiger partial charge >= 0.3 is 0 Å². The molecule has 4 nitrogen and oxygen atoms in total. The number of ketones is 1. The number of methoxy groups -OCH3 is 1. The smallest absolute Gasteiger partial charge is 0.232 e. The Bertz CT molecular complexity index is 1120. The van der Waals surface area contributed by atoms with Gasteiger partial charge in [-0.2, -0.15) is 0 Å². The summed E-state index contributed by atoms with van der Waals surface area (Å²) in [6, 6.07) is 18.5. The third kappa shape index (κ3) is 3.98. The maximum atomic E-state index is 12.8. The normalized spacial score (nSPS) is 13.9. The van der Waals surface area contributed by atoms with Gasteiger partial charge in [0.05, 0.1) is 12.7 Å². The first-order chi connectivity index (χ1) is 14.0. The van der Waals surface area contributed by atoms with Gasteiger partial charge in [0.2, 0.25) is 5.78 Å². The molecule has 1 heterocycles. The molecule has 0 bridgehead atoms. The molecule has 146 valence electrons. The maximum Gasteiger partial charge on any atom is 0.232 e. The minimum absolute atomic E-state index is 0.145. The van der Waals surface area contributed by atoms with Gasteiger partial charge in [0.15, 0.2) is 5.76 Å². The van der Waals surface area contributed by atoms with Crippen LogP contribution in [0.3, 0.4) is 0 Å².